The van der Waals surface area contributed by atoms with Crippen molar-refractivity contribution in [3.8, 4) is 33.6 Å². The fourth-order valence-electron chi connectivity index (χ4n) is 10.8. The van der Waals surface area contributed by atoms with Crippen LogP contribution in [0.15, 0.2) is 206 Å². The summed E-state index contributed by atoms with van der Waals surface area (Å²) in [6, 6.07) is 74.7. The summed E-state index contributed by atoms with van der Waals surface area (Å²) >= 11 is 3.75. The molecule has 0 aliphatic heterocycles. The molecule has 65 heavy (non-hydrogen) atoms. The van der Waals surface area contributed by atoms with E-state index in [9.17, 15) is 0 Å². The van der Waals surface area contributed by atoms with Crippen LogP contribution in [-0.4, -0.2) is 9.13 Å². The molecule has 0 radical (unpaired) electrons. The molecular formula is C61H40N2S2. The Hall–Kier alpha value is -7.50. The Morgan fingerprint density at radius 3 is 1.51 bits per heavy atom. The van der Waals surface area contributed by atoms with E-state index in [1.165, 1.54) is 124 Å². The minimum absolute atomic E-state index is 0.250. The van der Waals surface area contributed by atoms with Crippen molar-refractivity contribution in [1.82, 2.24) is 9.13 Å². The fourth-order valence-corrected chi connectivity index (χ4v) is 13.0. The van der Waals surface area contributed by atoms with Crippen molar-refractivity contribution in [3.05, 3.63) is 223 Å². The van der Waals surface area contributed by atoms with Gasteiger partial charge in [0.05, 0.1) is 16.6 Å². The molecule has 306 valence electrons. The Kier molecular flexibility index (Phi) is 8.25. The van der Waals surface area contributed by atoms with E-state index in [-0.39, 0.29) is 5.92 Å². The van der Waals surface area contributed by atoms with Crippen LogP contribution in [-0.2, 0) is 6.42 Å². The van der Waals surface area contributed by atoms with Gasteiger partial charge in [-0.3, -0.25) is 0 Å². The van der Waals surface area contributed by atoms with Crippen LogP contribution in [0.1, 0.15) is 29.2 Å². The van der Waals surface area contributed by atoms with Gasteiger partial charge in [-0.2, -0.15) is 0 Å². The maximum atomic E-state index is 2.53. The zero-order valence-corrected chi connectivity index (χ0v) is 37.0. The number of thiophene rings is 2. The lowest BCUT2D eigenvalue weighted by atomic mass is 9.92. The predicted molar refractivity (Wildman–Crippen MR) is 281 cm³/mol. The highest BCUT2D eigenvalue weighted by atomic mass is 32.1. The van der Waals surface area contributed by atoms with Gasteiger partial charge in [0, 0.05) is 79.5 Å². The summed E-state index contributed by atoms with van der Waals surface area (Å²) in [6.07, 6.45) is 6.92. The monoisotopic (exact) mass is 864 g/mol. The number of aryl methyl sites for hydroxylation is 1. The SMILES string of the molecule is C1=CC(c2ccc3c(c2)c2cc(-c4ccccc4)ccc2n3-c2ccc3sc4ccccc4c3c2)CCc2c1n(-c1ccc3sc4ccccc4c3c1)c1ccc(-c3ccccc3)cc21. The van der Waals surface area contributed by atoms with E-state index in [2.05, 4.69) is 221 Å². The molecule has 4 aromatic heterocycles. The van der Waals surface area contributed by atoms with Crippen molar-refractivity contribution in [3.63, 3.8) is 0 Å². The van der Waals surface area contributed by atoms with Crippen molar-refractivity contribution < 1.29 is 0 Å². The highest BCUT2D eigenvalue weighted by Gasteiger charge is 2.24. The number of nitrogens with zero attached hydrogens (tertiary/aromatic N) is 2. The van der Waals surface area contributed by atoms with Crippen LogP contribution in [0.2, 0.25) is 0 Å². The molecule has 0 spiro atoms. The summed E-state index contributed by atoms with van der Waals surface area (Å²) in [7, 11) is 0. The third kappa shape index (κ3) is 5.84. The molecule has 0 N–H and O–H groups in total. The van der Waals surface area contributed by atoms with Crippen molar-refractivity contribution >= 4 is 102 Å². The lowest BCUT2D eigenvalue weighted by molar-refractivity contribution is 0.747. The highest BCUT2D eigenvalue weighted by molar-refractivity contribution is 7.26. The first kappa shape index (κ1) is 36.9. The van der Waals surface area contributed by atoms with Gasteiger partial charge in [0.1, 0.15) is 0 Å². The van der Waals surface area contributed by atoms with Crippen molar-refractivity contribution in [2.75, 3.05) is 0 Å². The minimum atomic E-state index is 0.250. The second-order valence-corrected chi connectivity index (χ2v) is 19.7. The third-order valence-electron chi connectivity index (χ3n) is 14.0. The summed E-state index contributed by atoms with van der Waals surface area (Å²) in [4.78, 5) is 0. The zero-order valence-electron chi connectivity index (χ0n) is 35.4. The third-order valence-corrected chi connectivity index (χ3v) is 16.3. The molecule has 1 aliphatic rings. The number of hydrogen-bond acceptors (Lipinski definition) is 2. The van der Waals surface area contributed by atoms with Crippen LogP contribution >= 0.6 is 22.7 Å². The number of benzene rings is 9. The Morgan fingerprint density at radius 2 is 0.877 bits per heavy atom. The van der Waals surface area contributed by atoms with Crippen LogP contribution in [0.4, 0.5) is 0 Å². The molecule has 0 bridgehead atoms. The largest absolute Gasteiger partial charge is 0.310 e. The number of aromatic nitrogens is 2. The molecule has 9 aromatic carbocycles. The van der Waals surface area contributed by atoms with Crippen LogP contribution in [0.25, 0.3) is 113 Å². The lowest BCUT2D eigenvalue weighted by Gasteiger charge is -2.13. The molecule has 14 rings (SSSR count). The summed E-state index contributed by atoms with van der Waals surface area (Å²) in [5, 5.41) is 9.19. The van der Waals surface area contributed by atoms with Crippen molar-refractivity contribution in [2.24, 2.45) is 0 Å². The summed E-state index contributed by atoms with van der Waals surface area (Å²) in [5.74, 6) is 0.250. The molecule has 1 unspecified atom stereocenters. The van der Waals surface area contributed by atoms with E-state index in [0.29, 0.717) is 0 Å². The zero-order chi connectivity index (χ0) is 42.6. The molecule has 2 nitrogen and oxygen atoms in total. The minimum Gasteiger partial charge on any atom is -0.310 e. The Bertz CT molecular complexity index is 4070. The molecular weight excluding hydrogens is 825 g/mol. The second kappa shape index (κ2) is 14.5. The molecule has 0 amide bonds. The number of allylic oxidation sites excluding steroid dienone is 1. The van der Waals surface area contributed by atoms with Gasteiger partial charge in [0.15, 0.2) is 0 Å². The summed E-state index contributed by atoms with van der Waals surface area (Å²) in [5.41, 5.74) is 15.2. The molecule has 1 aliphatic carbocycles. The van der Waals surface area contributed by atoms with Gasteiger partial charge in [-0.05, 0) is 137 Å². The topological polar surface area (TPSA) is 9.86 Å². The summed E-state index contributed by atoms with van der Waals surface area (Å²) in [6.45, 7) is 0. The fraction of sp³-hybridized carbons (Fsp3) is 0.0492. The Balaban J connectivity index is 0.930. The van der Waals surface area contributed by atoms with Crippen LogP contribution in [0.5, 0.6) is 0 Å². The Labute approximate surface area is 384 Å². The summed E-state index contributed by atoms with van der Waals surface area (Å²) < 4.78 is 10.3. The van der Waals surface area contributed by atoms with Crippen molar-refractivity contribution in [1.29, 1.82) is 0 Å². The maximum absolute atomic E-state index is 2.53. The van der Waals surface area contributed by atoms with Crippen molar-refractivity contribution in [2.45, 2.75) is 18.8 Å². The molecule has 0 saturated carbocycles. The quantitative estimate of drug-likeness (QED) is 0.163. The van der Waals surface area contributed by atoms with Gasteiger partial charge >= 0.3 is 0 Å². The second-order valence-electron chi connectivity index (χ2n) is 17.6. The van der Waals surface area contributed by atoms with E-state index in [1.807, 2.05) is 22.7 Å². The average molecular weight is 865 g/mol. The van der Waals surface area contributed by atoms with Gasteiger partial charge in [-0.25, -0.2) is 0 Å². The first-order chi connectivity index (χ1) is 32.2. The molecule has 1 atom stereocenters. The standard InChI is InChI=1S/C61H40N2S2/c1-3-11-38(12-4-1)41-21-28-55-49(33-41)46-26-19-40(20-27-54(46)62(55)44-24-31-60-52(36-44)47-15-7-9-17-58(47)64-60)43-23-30-57-51(35-43)50-34-42(39-13-5-2-6-14-39)22-29-56(50)63(57)45-25-32-61-53(37-45)48-16-8-10-18-59(48)65-61/h1-18,20-25,27-37,40H,19,26H2. The number of fused-ring (bicyclic) bond motifs is 12. The van der Waals surface area contributed by atoms with Crippen LogP contribution in [0.3, 0.4) is 0 Å². The van der Waals surface area contributed by atoms with E-state index in [0.717, 1.165) is 12.8 Å². The molecule has 13 aromatic rings. The van der Waals surface area contributed by atoms with E-state index < -0.39 is 0 Å². The van der Waals surface area contributed by atoms with Gasteiger partial charge < -0.3 is 9.13 Å². The smallest absolute Gasteiger partial charge is 0.0541 e. The first-order valence-electron chi connectivity index (χ1n) is 22.6. The highest BCUT2D eigenvalue weighted by Crippen LogP contribution is 2.44. The van der Waals surface area contributed by atoms with Gasteiger partial charge in [-0.1, -0.05) is 121 Å². The molecule has 4 heterocycles. The Morgan fingerprint density at radius 1 is 0.369 bits per heavy atom. The predicted octanol–water partition coefficient (Wildman–Crippen LogP) is 17.5. The van der Waals surface area contributed by atoms with E-state index in [4.69, 9.17) is 0 Å². The van der Waals surface area contributed by atoms with E-state index in [1.54, 1.807) is 0 Å². The lowest BCUT2D eigenvalue weighted by Crippen LogP contribution is -1.97. The first-order valence-corrected chi connectivity index (χ1v) is 24.2. The van der Waals surface area contributed by atoms with E-state index >= 15 is 0 Å². The maximum Gasteiger partial charge on any atom is 0.0541 e. The molecule has 0 saturated heterocycles. The molecule has 0 fully saturated rings. The van der Waals surface area contributed by atoms with Crippen LogP contribution < -0.4 is 0 Å². The average Bonchev–Trinajstić information content (AvgIpc) is 4.07. The van der Waals surface area contributed by atoms with Gasteiger partial charge in [-0.15, -0.1) is 22.7 Å². The number of hydrogen-bond donors (Lipinski definition) is 0. The normalized spacial score (nSPS) is 14.1. The molecule has 4 heteroatoms. The number of rotatable bonds is 5. The van der Waals surface area contributed by atoms with Crippen LogP contribution in [0, 0.1) is 0 Å². The van der Waals surface area contributed by atoms with Gasteiger partial charge in [0.25, 0.3) is 0 Å². The van der Waals surface area contributed by atoms with Gasteiger partial charge in [0.2, 0.25) is 0 Å².